The van der Waals surface area contributed by atoms with Gasteiger partial charge in [0.25, 0.3) is 0 Å². The third-order valence-corrected chi connectivity index (χ3v) is 3.03. The first-order valence-corrected chi connectivity index (χ1v) is 6.03. The number of rotatable bonds is 4. The van der Waals surface area contributed by atoms with Crippen molar-refractivity contribution in [3.8, 4) is 11.5 Å². The Morgan fingerprint density at radius 1 is 1.26 bits per heavy atom. The molecule has 2 aromatic carbocycles. The lowest BCUT2D eigenvalue weighted by molar-refractivity contribution is 0.373. The number of benzene rings is 2. The highest BCUT2D eigenvalue weighted by molar-refractivity contribution is 6.31. The van der Waals surface area contributed by atoms with Crippen molar-refractivity contribution in [1.29, 1.82) is 0 Å². The molecule has 5 heteroatoms. The number of anilines is 1. The van der Waals surface area contributed by atoms with Gasteiger partial charge in [-0.3, -0.25) is 0 Å². The Hall–Kier alpha value is -1.94. The Morgan fingerprint density at radius 3 is 2.68 bits per heavy atom. The second-order valence-corrected chi connectivity index (χ2v) is 4.38. The van der Waals surface area contributed by atoms with Crippen LogP contribution in [0.3, 0.4) is 0 Å². The fourth-order valence-electron chi connectivity index (χ4n) is 1.66. The SMILES string of the molecule is COc1ccc(NCc2ccc(F)cc2Cl)cc1O. The molecule has 0 aliphatic heterocycles. The van der Waals surface area contributed by atoms with Gasteiger partial charge >= 0.3 is 0 Å². The lowest BCUT2D eigenvalue weighted by Crippen LogP contribution is -2.00. The van der Waals surface area contributed by atoms with Gasteiger partial charge in [0, 0.05) is 23.3 Å². The molecule has 100 valence electrons. The van der Waals surface area contributed by atoms with Gasteiger partial charge in [0.2, 0.25) is 0 Å². The molecule has 0 aliphatic rings. The number of methoxy groups -OCH3 is 1. The molecule has 0 aromatic heterocycles. The molecule has 0 unspecified atom stereocenters. The van der Waals surface area contributed by atoms with Crippen molar-refractivity contribution in [1.82, 2.24) is 0 Å². The van der Waals surface area contributed by atoms with Crippen LogP contribution in [0.2, 0.25) is 5.02 Å². The maximum Gasteiger partial charge on any atom is 0.160 e. The van der Waals surface area contributed by atoms with Crippen LogP contribution in [0.25, 0.3) is 0 Å². The molecule has 0 radical (unpaired) electrons. The van der Waals surface area contributed by atoms with Crippen molar-refractivity contribution in [3.63, 3.8) is 0 Å². The molecule has 0 atom stereocenters. The molecule has 2 N–H and O–H groups in total. The number of phenolic OH excluding ortho intramolecular Hbond substituents is 1. The van der Waals surface area contributed by atoms with Crippen molar-refractivity contribution in [3.05, 3.63) is 52.8 Å². The van der Waals surface area contributed by atoms with Crippen LogP contribution < -0.4 is 10.1 Å². The standard InChI is InChI=1S/C14H13ClFNO2/c1-19-14-5-4-11(7-13(14)18)17-8-9-2-3-10(16)6-12(9)15/h2-7,17-18H,8H2,1H3. The summed E-state index contributed by atoms with van der Waals surface area (Å²) in [4.78, 5) is 0. The van der Waals surface area contributed by atoms with Crippen molar-refractivity contribution in [2.45, 2.75) is 6.54 Å². The smallest absolute Gasteiger partial charge is 0.160 e. The molecule has 0 spiro atoms. The molecular weight excluding hydrogens is 269 g/mol. The topological polar surface area (TPSA) is 41.5 Å². The van der Waals surface area contributed by atoms with Crippen molar-refractivity contribution in [2.24, 2.45) is 0 Å². The van der Waals surface area contributed by atoms with Gasteiger partial charge in [-0.1, -0.05) is 17.7 Å². The lowest BCUT2D eigenvalue weighted by Gasteiger charge is -2.10. The van der Waals surface area contributed by atoms with E-state index in [2.05, 4.69) is 5.32 Å². The van der Waals surface area contributed by atoms with E-state index >= 15 is 0 Å². The van der Waals surface area contributed by atoms with Gasteiger partial charge in [0.05, 0.1) is 7.11 Å². The molecular formula is C14H13ClFNO2. The summed E-state index contributed by atoms with van der Waals surface area (Å²) < 4.78 is 17.8. The summed E-state index contributed by atoms with van der Waals surface area (Å²) in [6, 6.07) is 9.22. The second-order valence-electron chi connectivity index (χ2n) is 3.98. The molecule has 0 aliphatic carbocycles. The van der Waals surface area contributed by atoms with E-state index in [0.717, 1.165) is 11.3 Å². The fourth-order valence-corrected chi connectivity index (χ4v) is 1.90. The molecule has 0 saturated heterocycles. The zero-order chi connectivity index (χ0) is 13.8. The van der Waals surface area contributed by atoms with Crippen LogP contribution in [0.15, 0.2) is 36.4 Å². The van der Waals surface area contributed by atoms with E-state index in [1.165, 1.54) is 19.2 Å². The maximum atomic E-state index is 12.9. The molecule has 0 heterocycles. The highest BCUT2D eigenvalue weighted by atomic mass is 35.5. The van der Waals surface area contributed by atoms with Crippen molar-refractivity contribution >= 4 is 17.3 Å². The molecule has 19 heavy (non-hydrogen) atoms. The minimum atomic E-state index is -0.365. The summed E-state index contributed by atoms with van der Waals surface area (Å²) in [7, 11) is 1.49. The minimum Gasteiger partial charge on any atom is -0.504 e. The van der Waals surface area contributed by atoms with Crippen LogP contribution in [-0.4, -0.2) is 12.2 Å². The molecule has 2 rings (SSSR count). The Balaban J connectivity index is 2.08. The summed E-state index contributed by atoms with van der Waals surface area (Å²) in [6.07, 6.45) is 0. The number of aromatic hydroxyl groups is 1. The van der Waals surface area contributed by atoms with E-state index in [4.69, 9.17) is 16.3 Å². The summed E-state index contributed by atoms with van der Waals surface area (Å²) in [6.45, 7) is 0.435. The minimum absolute atomic E-state index is 0.0534. The Labute approximate surface area is 115 Å². The van der Waals surface area contributed by atoms with Crippen LogP contribution in [-0.2, 0) is 6.54 Å². The summed E-state index contributed by atoms with van der Waals surface area (Å²) in [5.74, 6) is 0.0962. The van der Waals surface area contributed by atoms with E-state index in [1.807, 2.05) is 0 Å². The molecule has 2 aromatic rings. The number of ether oxygens (including phenoxy) is 1. The number of nitrogens with one attached hydrogen (secondary N) is 1. The predicted octanol–water partition coefficient (Wildman–Crippen LogP) is 3.81. The van der Waals surface area contributed by atoms with E-state index in [9.17, 15) is 9.50 Å². The third-order valence-electron chi connectivity index (χ3n) is 2.68. The summed E-state index contributed by atoms with van der Waals surface area (Å²) >= 11 is 5.93. The first-order valence-electron chi connectivity index (χ1n) is 5.65. The number of hydrogen-bond donors (Lipinski definition) is 2. The largest absolute Gasteiger partial charge is 0.504 e. The first kappa shape index (κ1) is 13.5. The van der Waals surface area contributed by atoms with Crippen LogP contribution in [0.1, 0.15) is 5.56 Å². The van der Waals surface area contributed by atoms with Crippen molar-refractivity contribution in [2.75, 3.05) is 12.4 Å². The van der Waals surface area contributed by atoms with Gasteiger partial charge in [-0.25, -0.2) is 4.39 Å². The zero-order valence-corrected chi connectivity index (χ0v) is 11.0. The third kappa shape index (κ3) is 3.29. The van der Waals surface area contributed by atoms with Crippen LogP contribution >= 0.6 is 11.6 Å². The average Bonchev–Trinajstić information content (AvgIpc) is 2.38. The Morgan fingerprint density at radius 2 is 2.05 bits per heavy atom. The van der Waals surface area contributed by atoms with Crippen molar-refractivity contribution < 1.29 is 14.2 Å². The quantitative estimate of drug-likeness (QED) is 0.895. The molecule has 0 bridgehead atoms. The van der Waals surface area contributed by atoms with E-state index in [1.54, 1.807) is 24.3 Å². The number of halogens is 2. The summed E-state index contributed by atoms with van der Waals surface area (Å²) in [5, 5.41) is 13.1. The van der Waals surface area contributed by atoms with Gasteiger partial charge in [0.1, 0.15) is 5.82 Å². The average molecular weight is 282 g/mol. The second kappa shape index (κ2) is 5.80. The lowest BCUT2D eigenvalue weighted by atomic mass is 10.2. The highest BCUT2D eigenvalue weighted by Gasteiger charge is 2.04. The molecule has 0 saturated carbocycles. The monoisotopic (exact) mass is 281 g/mol. The van der Waals surface area contributed by atoms with Gasteiger partial charge in [-0.15, -0.1) is 0 Å². The van der Waals surface area contributed by atoms with E-state index in [0.29, 0.717) is 17.3 Å². The first-order chi connectivity index (χ1) is 9.10. The van der Waals surface area contributed by atoms with Gasteiger partial charge in [0.15, 0.2) is 11.5 Å². The normalized spacial score (nSPS) is 10.3. The molecule has 0 fully saturated rings. The molecule has 0 amide bonds. The van der Waals surface area contributed by atoms with E-state index in [-0.39, 0.29) is 11.6 Å². The number of hydrogen-bond acceptors (Lipinski definition) is 3. The maximum absolute atomic E-state index is 12.9. The van der Waals surface area contributed by atoms with Crippen LogP contribution in [0, 0.1) is 5.82 Å². The van der Waals surface area contributed by atoms with E-state index < -0.39 is 0 Å². The predicted molar refractivity (Wildman–Crippen MR) is 73.4 cm³/mol. The van der Waals surface area contributed by atoms with Gasteiger partial charge in [-0.05, 0) is 29.8 Å². The van der Waals surface area contributed by atoms with Gasteiger partial charge < -0.3 is 15.2 Å². The summed E-state index contributed by atoms with van der Waals surface area (Å²) in [5.41, 5.74) is 1.50. The fraction of sp³-hybridized carbons (Fsp3) is 0.143. The van der Waals surface area contributed by atoms with Crippen LogP contribution in [0.5, 0.6) is 11.5 Å². The highest BCUT2D eigenvalue weighted by Crippen LogP contribution is 2.29. The Kier molecular flexibility index (Phi) is 4.12. The molecule has 3 nitrogen and oxygen atoms in total. The number of phenols is 1. The Bertz CT molecular complexity index is 590. The van der Waals surface area contributed by atoms with Crippen LogP contribution in [0.4, 0.5) is 10.1 Å². The van der Waals surface area contributed by atoms with Gasteiger partial charge in [-0.2, -0.15) is 0 Å². The zero-order valence-electron chi connectivity index (χ0n) is 10.3.